The molecule has 0 saturated carbocycles. The van der Waals surface area contributed by atoms with Crippen LogP contribution in [0.15, 0.2) is 24.3 Å². The van der Waals surface area contributed by atoms with Gasteiger partial charge in [0.25, 0.3) is 0 Å². The van der Waals surface area contributed by atoms with Crippen LogP contribution in [0.5, 0.6) is 5.75 Å². The molecule has 0 radical (unpaired) electrons. The molecule has 0 aliphatic heterocycles. The van der Waals surface area contributed by atoms with E-state index in [2.05, 4.69) is 14.6 Å². The van der Waals surface area contributed by atoms with Crippen LogP contribution >= 0.6 is 21.0 Å². The Balaban J connectivity index is 2.87. The second kappa shape index (κ2) is 5.90. The average Bonchev–Trinajstić information content (AvgIpc) is 2.26. The first-order chi connectivity index (χ1) is 6.81. The Morgan fingerprint density at radius 1 is 1.64 bits per heavy atom. The lowest BCUT2D eigenvalue weighted by atomic mass is 10.1. The minimum absolute atomic E-state index is 0.208. The molecule has 14 heavy (non-hydrogen) atoms. The van der Waals surface area contributed by atoms with Gasteiger partial charge in [-0.25, -0.2) is 0 Å². The second-order valence-corrected chi connectivity index (χ2v) is 4.17. The van der Waals surface area contributed by atoms with Crippen molar-refractivity contribution >= 4 is 21.0 Å². The maximum Gasteiger partial charge on any atom is 0.133 e. The van der Waals surface area contributed by atoms with Crippen LogP contribution in [0.4, 0.5) is 0 Å². The molecule has 1 aromatic carbocycles. The maximum absolute atomic E-state index is 8.63. The molecule has 0 heterocycles. The van der Waals surface area contributed by atoms with E-state index in [0.29, 0.717) is 0 Å². The Labute approximate surface area is 90.9 Å². The van der Waals surface area contributed by atoms with Crippen molar-refractivity contribution in [2.45, 2.75) is 5.25 Å². The lowest BCUT2D eigenvalue weighted by Gasteiger charge is -2.11. The van der Waals surface area contributed by atoms with Crippen LogP contribution in [0, 0.1) is 10.7 Å². The van der Waals surface area contributed by atoms with E-state index >= 15 is 0 Å². The lowest BCUT2D eigenvalue weighted by molar-refractivity contribution is 0.414. The summed E-state index contributed by atoms with van der Waals surface area (Å²) in [4.78, 5) is 0. The molecule has 1 aromatic rings. The van der Waals surface area contributed by atoms with E-state index < -0.39 is 0 Å². The Bertz CT molecular complexity index is 337. The van der Waals surface area contributed by atoms with Gasteiger partial charge in [-0.1, -0.05) is 12.1 Å². The first kappa shape index (κ1) is 11.4. The van der Waals surface area contributed by atoms with Crippen LogP contribution in [-0.2, 0) is 0 Å². The number of thioether (sulfide) groups is 1. The topological polar surface area (TPSA) is 33.0 Å². The van der Waals surface area contributed by atoms with Gasteiger partial charge in [0.15, 0.2) is 0 Å². The molecule has 0 saturated heterocycles. The van der Waals surface area contributed by atoms with Crippen LogP contribution in [0.3, 0.4) is 0 Å². The summed E-state index contributed by atoms with van der Waals surface area (Å²) in [5.74, 6) is 0.837. The number of ether oxygens (including phenoxy) is 1. The van der Waals surface area contributed by atoms with Crippen molar-refractivity contribution in [3.63, 3.8) is 0 Å². The molecule has 0 amide bonds. The number of methoxy groups -OCH3 is 1. The van der Waals surface area contributed by atoms with E-state index in [0.717, 1.165) is 17.5 Å². The van der Waals surface area contributed by atoms with E-state index in [1.54, 1.807) is 7.11 Å². The van der Waals surface area contributed by atoms with Crippen molar-refractivity contribution in [1.82, 2.24) is 0 Å². The molecule has 74 valence electrons. The fourth-order valence-corrected chi connectivity index (χ4v) is 2.22. The van der Waals surface area contributed by atoms with Crippen molar-refractivity contribution in [3.05, 3.63) is 29.8 Å². The minimum Gasteiger partial charge on any atom is -0.497 e. The summed E-state index contributed by atoms with van der Waals surface area (Å²) in [6.07, 6.45) is 0.866. The number of nitrogens with zero attached hydrogens (tertiary/aromatic N) is 1. The van der Waals surface area contributed by atoms with Gasteiger partial charge in [-0.05, 0) is 35.6 Å². The molecule has 0 aliphatic rings. The number of nitriles is 1. The zero-order chi connectivity index (χ0) is 10.4. The number of rotatable bonds is 4. The lowest BCUT2D eigenvalue weighted by Crippen LogP contribution is -1.94. The van der Waals surface area contributed by atoms with Crippen molar-refractivity contribution < 1.29 is 4.74 Å². The van der Waals surface area contributed by atoms with Gasteiger partial charge in [-0.2, -0.15) is 5.26 Å². The van der Waals surface area contributed by atoms with Crippen LogP contribution in [0.25, 0.3) is 0 Å². The standard InChI is InChI=1S/C10H12NOPS/c1-12-9-4-2-3-8(5-9)10(6-13)14-7-11/h2-5,10H,6,13H2,1H3. The summed E-state index contributed by atoms with van der Waals surface area (Å²) >= 11 is 1.28. The fourth-order valence-electron chi connectivity index (χ4n) is 1.16. The molecule has 1 rings (SSSR count). The fraction of sp³-hybridized carbons (Fsp3) is 0.300. The summed E-state index contributed by atoms with van der Waals surface area (Å²) in [7, 11) is 4.30. The van der Waals surface area contributed by atoms with E-state index in [1.807, 2.05) is 24.3 Å². The van der Waals surface area contributed by atoms with Gasteiger partial charge < -0.3 is 4.74 Å². The quantitative estimate of drug-likeness (QED) is 0.583. The number of hydrogen-bond acceptors (Lipinski definition) is 3. The van der Waals surface area contributed by atoms with E-state index in [4.69, 9.17) is 10.00 Å². The highest BCUT2D eigenvalue weighted by molar-refractivity contribution is 8.04. The third-order valence-corrected chi connectivity index (χ3v) is 3.54. The van der Waals surface area contributed by atoms with Crippen LogP contribution in [-0.4, -0.2) is 13.3 Å². The smallest absolute Gasteiger partial charge is 0.133 e. The van der Waals surface area contributed by atoms with Crippen molar-refractivity contribution in [2.75, 3.05) is 13.3 Å². The SMILES string of the molecule is COc1cccc(C(CP)SC#N)c1. The summed E-state index contributed by atoms with van der Waals surface area (Å²) in [6, 6.07) is 7.83. The van der Waals surface area contributed by atoms with Crippen molar-refractivity contribution in [3.8, 4) is 11.2 Å². The zero-order valence-corrected chi connectivity index (χ0v) is 9.91. The Morgan fingerprint density at radius 3 is 3.00 bits per heavy atom. The monoisotopic (exact) mass is 225 g/mol. The first-order valence-corrected chi connectivity index (χ1v) is 5.90. The molecule has 0 spiro atoms. The van der Waals surface area contributed by atoms with Gasteiger partial charge >= 0.3 is 0 Å². The highest BCUT2D eigenvalue weighted by atomic mass is 32.2. The van der Waals surface area contributed by atoms with Crippen molar-refractivity contribution in [2.24, 2.45) is 0 Å². The van der Waals surface area contributed by atoms with E-state index in [9.17, 15) is 0 Å². The predicted octanol–water partition coefficient (Wildman–Crippen LogP) is 2.83. The zero-order valence-electron chi connectivity index (χ0n) is 7.93. The molecule has 2 atom stereocenters. The predicted molar refractivity (Wildman–Crippen MR) is 63.5 cm³/mol. The second-order valence-electron chi connectivity index (χ2n) is 2.71. The van der Waals surface area contributed by atoms with Gasteiger partial charge in [-0.3, -0.25) is 0 Å². The maximum atomic E-state index is 8.63. The normalized spacial score (nSPS) is 11.8. The Morgan fingerprint density at radius 2 is 2.43 bits per heavy atom. The van der Waals surface area contributed by atoms with Gasteiger partial charge in [0.2, 0.25) is 0 Å². The summed E-state index contributed by atoms with van der Waals surface area (Å²) in [5, 5.41) is 11.0. The Kier molecular flexibility index (Phi) is 4.79. The van der Waals surface area contributed by atoms with Gasteiger partial charge in [0, 0.05) is 5.25 Å². The third-order valence-electron chi connectivity index (χ3n) is 1.87. The molecule has 0 bridgehead atoms. The minimum atomic E-state index is 0.208. The molecule has 0 N–H and O–H groups in total. The highest BCUT2D eigenvalue weighted by Gasteiger charge is 2.10. The van der Waals surface area contributed by atoms with E-state index in [1.165, 1.54) is 11.8 Å². The van der Waals surface area contributed by atoms with Gasteiger partial charge in [-0.15, -0.1) is 9.24 Å². The molecule has 4 heteroatoms. The molecule has 0 aliphatic carbocycles. The van der Waals surface area contributed by atoms with E-state index in [-0.39, 0.29) is 5.25 Å². The third kappa shape index (κ3) is 2.90. The van der Waals surface area contributed by atoms with Gasteiger partial charge in [0.05, 0.1) is 7.11 Å². The molecular formula is C10H12NOPS. The molecule has 2 nitrogen and oxygen atoms in total. The Hall–Kier alpha value is -0.710. The molecule has 0 fully saturated rings. The van der Waals surface area contributed by atoms with Crippen LogP contribution < -0.4 is 4.74 Å². The average molecular weight is 225 g/mol. The van der Waals surface area contributed by atoms with Gasteiger partial charge in [0.1, 0.15) is 11.2 Å². The molecule has 0 aromatic heterocycles. The van der Waals surface area contributed by atoms with Crippen molar-refractivity contribution in [1.29, 1.82) is 5.26 Å². The number of benzene rings is 1. The molecule has 2 unspecified atom stereocenters. The largest absolute Gasteiger partial charge is 0.497 e. The summed E-state index contributed by atoms with van der Waals surface area (Å²) < 4.78 is 5.13. The van der Waals surface area contributed by atoms with Crippen LogP contribution in [0.2, 0.25) is 0 Å². The number of thiocyanates is 1. The summed E-state index contributed by atoms with van der Waals surface area (Å²) in [6.45, 7) is 0. The molecular weight excluding hydrogens is 213 g/mol. The first-order valence-electron chi connectivity index (χ1n) is 4.20. The summed E-state index contributed by atoms with van der Waals surface area (Å²) in [5.41, 5.74) is 1.13. The highest BCUT2D eigenvalue weighted by Crippen LogP contribution is 2.31. The number of hydrogen-bond donors (Lipinski definition) is 0. The van der Waals surface area contributed by atoms with Crippen LogP contribution in [0.1, 0.15) is 10.8 Å².